The number of esters is 1. The zero-order chi connectivity index (χ0) is 13.5. The summed E-state index contributed by atoms with van der Waals surface area (Å²) in [5.74, 6) is -0.740. The molecule has 0 bridgehead atoms. The van der Waals surface area contributed by atoms with Crippen molar-refractivity contribution < 1.29 is 14.3 Å². The summed E-state index contributed by atoms with van der Waals surface area (Å²) in [4.78, 5) is 23.4. The highest BCUT2D eigenvalue weighted by Crippen LogP contribution is 2.13. The summed E-state index contributed by atoms with van der Waals surface area (Å²) in [6.07, 6.45) is 0.0725. The summed E-state index contributed by atoms with van der Waals surface area (Å²) >= 11 is 2.06. The number of amides is 1. The first-order valence-electron chi connectivity index (χ1n) is 5.79. The number of benzene rings is 1. The Morgan fingerprint density at radius 1 is 1.39 bits per heavy atom. The van der Waals surface area contributed by atoms with E-state index in [1.807, 2.05) is 19.1 Å². The van der Waals surface area contributed by atoms with E-state index in [1.165, 1.54) is 0 Å². The Balaban J connectivity index is 2.60. The van der Waals surface area contributed by atoms with Gasteiger partial charge in [0.2, 0.25) is 0 Å². The molecule has 18 heavy (non-hydrogen) atoms. The first kappa shape index (κ1) is 14.9. The molecule has 5 heteroatoms. The van der Waals surface area contributed by atoms with Crippen LogP contribution in [0.5, 0.6) is 0 Å². The maximum atomic E-state index is 11.8. The highest BCUT2D eigenvalue weighted by atomic mass is 127. The lowest BCUT2D eigenvalue weighted by atomic mass is 10.2. The largest absolute Gasteiger partial charge is 0.449 e. The molecular weight excluding hydrogens is 345 g/mol. The molecule has 0 fully saturated rings. The third-order valence-electron chi connectivity index (χ3n) is 2.30. The predicted molar refractivity (Wildman–Crippen MR) is 77.3 cm³/mol. The second-order valence-electron chi connectivity index (χ2n) is 3.82. The van der Waals surface area contributed by atoms with E-state index in [1.54, 1.807) is 19.1 Å². The van der Waals surface area contributed by atoms with Crippen molar-refractivity contribution in [2.24, 2.45) is 0 Å². The van der Waals surface area contributed by atoms with Gasteiger partial charge >= 0.3 is 5.97 Å². The molecule has 1 N–H and O–H groups in total. The number of ether oxygens (including phenoxy) is 1. The van der Waals surface area contributed by atoms with Crippen molar-refractivity contribution in [3.05, 3.63) is 33.4 Å². The molecule has 98 valence electrons. The van der Waals surface area contributed by atoms with E-state index in [4.69, 9.17) is 4.74 Å². The number of nitrogens with one attached hydrogen (secondary N) is 1. The average molecular weight is 361 g/mol. The van der Waals surface area contributed by atoms with Crippen molar-refractivity contribution in [2.45, 2.75) is 26.4 Å². The van der Waals surface area contributed by atoms with Crippen LogP contribution in [0, 0.1) is 3.57 Å². The molecule has 0 heterocycles. The first-order valence-corrected chi connectivity index (χ1v) is 6.87. The Kier molecular flexibility index (Phi) is 6.11. The Labute approximate surface area is 120 Å². The third-order valence-corrected chi connectivity index (χ3v) is 3.24. The number of carbonyl (C=O) groups is 2. The van der Waals surface area contributed by atoms with Crippen molar-refractivity contribution in [2.75, 3.05) is 6.54 Å². The molecule has 0 aliphatic heterocycles. The van der Waals surface area contributed by atoms with E-state index in [9.17, 15) is 9.59 Å². The van der Waals surface area contributed by atoms with E-state index in [2.05, 4.69) is 27.9 Å². The minimum Gasteiger partial charge on any atom is -0.449 e. The Morgan fingerprint density at radius 3 is 2.67 bits per heavy atom. The van der Waals surface area contributed by atoms with Gasteiger partial charge in [0.25, 0.3) is 5.91 Å². The van der Waals surface area contributed by atoms with Crippen LogP contribution >= 0.6 is 22.6 Å². The lowest BCUT2D eigenvalue weighted by molar-refractivity contribution is -0.129. The van der Waals surface area contributed by atoms with E-state index in [0.29, 0.717) is 12.1 Å². The minimum absolute atomic E-state index is 0.267. The van der Waals surface area contributed by atoms with Gasteiger partial charge in [-0.1, -0.05) is 19.1 Å². The number of rotatable bonds is 5. The van der Waals surface area contributed by atoms with Gasteiger partial charge in [0.1, 0.15) is 0 Å². The lowest BCUT2D eigenvalue weighted by Gasteiger charge is -2.13. The van der Waals surface area contributed by atoms with Crippen molar-refractivity contribution >= 4 is 34.5 Å². The van der Waals surface area contributed by atoms with Crippen LogP contribution in [0.1, 0.15) is 30.6 Å². The second kappa shape index (κ2) is 7.35. The Morgan fingerprint density at radius 2 is 2.06 bits per heavy atom. The number of hydrogen-bond acceptors (Lipinski definition) is 3. The summed E-state index contributed by atoms with van der Waals surface area (Å²) in [7, 11) is 0. The third kappa shape index (κ3) is 4.29. The molecule has 1 amide bonds. The van der Waals surface area contributed by atoms with Gasteiger partial charge in [0.05, 0.1) is 5.56 Å². The SMILES string of the molecule is CCCNC(=O)[C@@H](C)OC(=O)c1ccccc1I. The van der Waals surface area contributed by atoms with E-state index >= 15 is 0 Å². The molecule has 0 radical (unpaired) electrons. The quantitative estimate of drug-likeness (QED) is 0.647. The van der Waals surface area contributed by atoms with Gasteiger partial charge in [-0.25, -0.2) is 4.79 Å². The van der Waals surface area contributed by atoms with Crippen LogP contribution in [0.15, 0.2) is 24.3 Å². The van der Waals surface area contributed by atoms with Crippen LogP contribution in [0.2, 0.25) is 0 Å². The van der Waals surface area contributed by atoms with Crippen LogP contribution in [0.3, 0.4) is 0 Å². The van der Waals surface area contributed by atoms with Crippen LogP contribution in [0.25, 0.3) is 0 Å². The first-order chi connectivity index (χ1) is 8.56. The minimum atomic E-state index is -0.778. The number of carbonyl (C=O) groups excluding carboxylic acids is 2. The van der Waals surface area contributed by atoms with Crippen LogP contribution in [0.4, 0.5) is 0 Å². The fourth-order valence-electron chi connectivity index (χ4n) is 1.30. The molecule has 0 aromatic heterocycles. The monoisotopic (exact) mass is 361 g/mol. The fraction of sp³-hybridized carbons (Fsp3) is 0.385. The molecule has 1 rings (SSSR count). The second-order valence-corrected chi connectivity index (χ2v) is 4.98. The van der Waals surface area contributed by atoms with Crippen molar-refractivity contribution in [1.82, 2.24) is 5.32 Å². The zero-order valence-electron chi connectivity index (χ0n) is 10.4. The summed E-state index contributed by atoms with van der Waals surface area (Å²) in [6.45, 7) is 4.12. The van der Waals surface area contributed by atoms with Gasteiger partial charge in [-0.2, -0.15) is 0 Å². The maximum absolute atomic E-state index is 11.8. The standard InChI is InChI=1S/C13H16INO3/c1-3-8-15-12(16)9(2)18-13(17)10-6-4-5-7-11(10)14/h4-7,9H,3,8H2,1-2H3,(H,15,16)/t9-/m1/s1. The maximum Gasteiger partial charge on any atom is 0.339 e. The highest BCUT2D eigenvalue weighted by Gasteiger charge is 2.19. The van der Waals surface area contributed by atoms with Gasteiger partial charge in [-0.05, 0) is 48.1 Å². The molecule has 0 aliphatic carbocycles. The smallest absolute Gasteiger partial charge is 0.339 e. The molecule has 1 aromatic carbocycles. The van der Waals surface area contributed by atoms with Crippen molar-refractivity contribution in [3.63, 3.8) is 0 Å². The summed E-state index contributed by atoms with van der Waals surface area (Å²) in [5.41, 5.74) is 0.480. The average Bonchev–Trinajstić information content (AvgIpc) is 2.36. The molecule has 0 saturated heterocycles. The van der Waals surface area contributed by atoms with Crippen LogP contribution < -0.4 is 5.32 Å². The molecule has 0 spiro atoms. The van der Waals surface area contributed by atoms with Gasteiger partial charge < -0.3 is 10.1 Å². The molecular formula is C13H16INO3. The predicted octanol–water partition coefficient (Wildman–Crippen LogP) is 2.36. The van der Waals surface area contributed by atoms with E-state index < -0.39 is 12.1 Å². The number of hydrogen-bond donors (Lipinski definition) is 1. The fourth-order valence-corrected chi connectivity index (χ4v) is 1.90. The van der Waals surface area contributed by atoms with Gasteiger partial charge in [0.15, 0.2) is 6.10 Å². The van der Waals surface area contributed by atoms with E-state index in [0.717, 1.165) is 9.99 Å². The van der Waals surface area contributed by atoms with Crippen molar-refractivity contribution in [1.29, 1.82) is 0 Å². The van der Waals surface area contributed by atoms with E-state index in [-0.39, 0.29) is 5.91 Å². The van der Waals surface area contributed by atoms with Gasteiger partial charge in [0, 0.05) is 10.1 Å². The number of halogens is 1. The molecule has 0 unspecified atom stereocenters. The molecule has 0 aliphatic rings. The summed E-state index contributed by atoms with van der Waals surface area (Å²) in [5, 5.41) is 2.69. The summed E-state index contributed by atoms with van der Waals surface area (Å²) in [6, 6.07) is 7.11. The molecule has 1 atom stereocenters. The zero-order valence-corrected chi connectivity index (χ0v) is 12.6. The highest BCUT2D eigenvalue weighted by molar-refractivity contribution is 14.1. The Bertz CT molecular complexity index is 434. The van der Waals surface area contributed by atoms with Crippen LogP contribution in [-0.2, 0) is 9.53 Å². The van der Waals surface area contributed by atoms with Crippen LogP contribution in [-0.4, -0.2) is 24.5 Å². The molecule has 0 saturated carbocycles. The molecule has 1 aromatic rings. The Hall–Kier alpha value is -1.11. The van der Waals surface area contributed by atoms with Gasteiger partial charge in [-0.3, -0.25) is 4.79 Å². The summed E-state index contributed by atoms with van der Waals surface area (Å²) < 4.78 is 5.93. The topological polar surface area (TPSA) is 55.4 Å². The molecule has 4 nitrogen and oxygen atoms in total. The van der Waals surface area contributed by atoms with Gasteiger partial charge in [-0.15, -0.1) is 0 Å². The van der Waals surface area contributed by atoms with Crippen molar-refractivity contribution in [3.8, 4) is 0 Å². The lowest BCUT2D eigenvalue weighted by Crippen LogP contribution is -2.36. The normalized spacial score (nSPS) is 11.7.